The van der Waals surface area contributed by atoms with E-state index in [2.05, 4.69) is 11.7 Å². The zero-order valence-electron chi connectivity index (χ0n) is 7.51. The first kappa shape index (κ1) is 10.8. The van der Waals surface area contributed by atoms with Crippen LogP contribution in [0.25, 0.3) is 0 Å². The lowest BCUT2D eigenvalue weighted by molar-refractivity contribution is -0.137. The van der Waals surface area contributed by atoms with Crippen molar-refractivity contribution >= 4 is 6.72 Å². The summed E-state index contributed by atoms with van der Waals surface area (Å²) in [5.74, 6) is 0. The average molecular weight is 201 g/mol. The largest absolute Gasteiger partial charge is 0.416 e. The quantitative estimate of drug-likeness (QED) is 0.667. The summed E-state index contributed by atoms with van der Waals surface area (Å²) in [4.78, 5) is 3.59. The molecule has 0 N–H and O–H groups in total. The van der Waals surface area contributed by atoms with Gasteiger partial charge in [0.15, 0.2) is 0 Å². The van der Waals surface area contributed by atoms with E-state index >= 15 is 0 Å². The first-order valence-corrected chi connectivity index (χ1v) is 4.12. The van der Waals surface area contributed by atoms with E-state index in [1.807, 2.05) is 0 Å². The van der Waals surface area contributed by atoms with Gasteiger partial charge in [-0.05, 0) is 24.8 Å². The molecule has 1 aromatic rings. The highest BCUT2D eigenvalue weighted by Gasteiger charge is 2.30. The Hall–Kier alpha value is -1.32. The van der Waals surface area contributed by atoms with Crippen LogP contribution in [0.1, 0.15) is 11.1 Å². The number of benzene rings is 1. The number of alkyl halides is 3. The van der Waals surface area contributed by atoms with Crippen molar-refractivity contribution in [3.05, 3.63) is 35.4 Å². The fourth-order valence-electron chi connectivity index (χ4n) is 1.11. The summed E-state index contributed by atoms with van der Waals surface area (Å²) in [5, 5.41) is 0. The van der Waals surface area contributed by atoms with Crippen LogP contribution in [0.15, 0.2) is 29.3 Å². The molecular formula is C10H10F3N. The third-order valence-corrected chi connectivity index (χ3v) is 1.81. The topological polar surface area (TPSA) is 12.4 Å². The Kier molecular flexibility index (Phi) is 3.28. The van der Waals surface area contributed by atoms with Gasteiger partial charge in [0, 0.05) is 6.54 Å². The van der Waals surface area contributed by atoms with Crippen molar-refractivity contribution in [1.29, 1.82) is 0 Å². The number of hydrogen-bond donors (Lipinski definition) is 0. The molecule has 4 heteroatoms. The van der Waals surface area contributed by atoms with Gasteiger partial charge in [-0.3, -0.25) is 0 Å². The maximum absolute atomic E-state index is 12.3. The second kappa shape index (κ2) is 4.26. The first-order chi connectivity index (χ1) is 6.54. The SMILES string of the molecule is C=NCCc1cccc(C(F)(F)F)c1. The van der Waals surface area contributed by atoms with E-state index in [0.29, 0.717) is 18.5 Å². The molecule has 0 amide bonds. The molecule has 1 aromatic carbocycles. The normalized spacial score (nSPS) is 11.4. The number of aliphatic imine (C=N–C) groups is 1. The van der Waals surface area contributed by atoms with Crippen molar-refractivity contribution in [2.45, 2.75) is 12.6 Å². The van der Waals surface area contributed by atoms with E-state index in [-0.39, 0.29) is 0 Å². The van der Waals surface area contributed by atoms with Crippen molar-refractivity contribution in [3.8, 4) is 0 Å². The Balaban J connectivity index is 2.84. The summed E-state index contributed by atoms with van der Waals surface area (Å²) in [6.45, 7) is 3.72. The predicted molar refractivity (Wildman–Crippen MR) is 49.6 cm³/mol. The molecular weight excluding hydrogens is 191 g/mol. The van der Waals surface area contributed by atoms with Crippen LogP contribution < -0.4 is 0 Å². The molecule has 0 spiro atoms. The smallest absolute Gasteiger partial charge is 0.301 e. The Labute approximate surface area is 80.3 Å². The molecule has 0 fully saturated rings. The zero-order chi connectivity index (χ0) is 10.6. The van der Waals surface area contributed by atoms with Gasteiger partial charge in [-0.2, -0.15) is 13.2 Å². The molecule has 1 nitrogen and oxygen atoms in total. The van der Waals surface area contributed by atoms with Crippen LogP contribution in [0.2, 0.25) is 0 Å². The molecule has 0 heterocycles. The maximum Gasteiger partial charge on any atom is 0.416 e. The molecule has 1 rings (SSSR count). The third-order valence-electron chi connectivity index (χ3n) is 1.81. The third kappa shape index (κ3) is 2.87. The summed E-state index contributed by atoms with van der Waals surface area (Å²) in [5.41, 5.74) is 0.0197. The van der Waals surface area contributed by atoms with Gasteiger partial charge >= 0.3 is 6.18 Å². The number of hydrogen-bond acceptors (Lipinski definition) is 1. The molecule has 0 bridgehead atoms. The molecule has 0 atom stereocenters. The highest BCUT2D eigenvalue weighted by Crippen LogP contribution is 2.29. The van der Waals surface area contributed by atoms with Crippen LogP contribution in [0.4, 0.5) is 13.2 Å². The molecule has 0 aliphatic rings. The van der Waals surface area contributed by atoms with Crippen molar-refractivity contribution in [3.63, 3.8) is 0 Å². The van der Waals surface area contributed by atoms with E-state index in [1.54, 1.807) is 6.07 Å². The van der Waals surface area contributed by atoms with Crippen molar-refractivity contribution in [1.82, 2.24) is 0 Å². The summed E-state index contributed by atoms with van der Waals surface area (Å²) in [6, 6.07) is 5.26. The monoisotopic (exact) mass is 201 g/mol. The van der Waals surface area contributed by atoms with Gasteiger partial charge in [0.05, 0.1) is 5.56 Å². The highest BCUT2D eigenvalue weighted by atomic mass is 19.4. The van der Waals surface area contributed by atoms with E-state index in [4.69, 9.17) is 0 Å². The maximum atomic E-state index is 12.3. The van der Waals surface area contributed by atoms with Gasteiger partial charge in [-0.15, -0.1) is 0 Å². The van der Waals surface area contributed by atoms with Gasteiger partial charge in [-0.1, -0.05) is 18.2 Å². The lowest BCUT2D eigenvalue weighted by Crippen LogP contribution is -2.05. The minimum absolute atomic E-state index is 0.446. The van der Waals surface area contributed by atoms with E-state index in [1.165, 1.54) is 6.07 Å². The van der Waals surface area contributed by atoms with Crippen LogP contribution >= 0.6 is 0 Å². The van der Waals surface area contributed by atoms with Crippen molar-refractivity contribution < 1.29 is 13.2 Å². The molecule has 0 aliphatic carbocycles. The lowest BCUT2D eigenvalue weighted by atomic mass is 10.1. The molecule has 0 aliphatic heterocycles. The van der Waals surface area contributed by atoms with Gasteiger partial charge < -0.3 is 4.99 Å². The average Bonchev–Trinajstić information content (AvgIpc) is 2.14. The first-order valence-electron chi connectivity index (χ1n) is 4.12. The standard InChI is InChI=1S/C10H10F3N/c1-14-6-5-8-3-2-4-9(7-8)10(11,12)13/h2-4,7H,1,5-6H2. The number of rotatable bonds is 3. The molecule has 0 unspecified atom stereocenters. The molecule has 14 heavy (non-hydrogen) atoms. The van der Waals surface area contributed by atoms with Gasteiger partial charge in [0.1, 0.15) is 0 Å². The molecule has 0 saturated carbocycles. The highest BCUT2D eigenvalue weighted by molar-refractivity contribution is 5.27. The van der Waals surface area contributed by atoms with Crippen LogP contribution in [0.5, 0.6) is 0 Å². The Morgan fingerprint density at radius 3 is 2.57 bits per heavy atom. The van der Waals surface area contributed by atoms with E-state index < -0.39 is 11.7 Å². The van der Waals surface area contributed by atoms with Crippen LogP contribution in [0.3, 0.4) is 0 Å². The van der Waals surface area contributed by atoms with Crippen LogP contribution in [0, 0.1) is 0 Å². The minimum Gasteiger partial charge on any atom is -0.301 e. The summed E-state index contributed by atoms with van der Waals surface area (Å²) < 4.78 is 36.8. The molecule has 0 radical (unpaired) electrons. The summed E-state index contributed by atoms with van der Waals surface area (Å²) in [7, 11) is 0. The lowest BCUT2D eigenvalue weighted by Gasteiger charge is -2.07. The van der Waals surface area contributed by atoms with E-state index in [0.717, 1.165) is 12.1 Å². The minimum atomic E-state index is -4.27. The van der Waals surface area contributed by atoms with Gasteiger partial charge in [-0.25, -0.2) is 0 Å². The van der Waals surface area contributed by atoms with Crippen LogP contribution in [-0.2, 0) is 12.6 Å². The zero-order valence-corrected chi connectivity index (χ0v) is 7.51. The number of halogens is 3. The second-order valence-electron chi connectivity index (χ2n) is 2.90. The fraction of sp³-hybridized carbons (Fsp3) is 0.300. The van der Waals surface area contributed by atoms with Crippen molar-refractivity contribution in [2.24, 2.45) is 4.99 Å². The molecule has 0 aromatic heterocycles. The number of nitrogens with zero attached hydrogens (tertiary/aromatic N) is 1. The Morgan fingerprint density at radius 1 is 1.29 bits per heavy atom. The van der Waals surface area contributed by atoms with E-state index in [9.17, 15) is 13.2 Å². The van der Waals surface area contributed by atoms with Gasteiger partial charge in [0.25, 0.3) is 0 Å². The predicted octanol–water partition coefficient (Wildman–Crippen LogP) is 2.95. The van der Waals surface area contributed by atoms with Gasteiger partial charge in [0.2, 0.25) is 0 Å². The van der Waals surface area contributed by atoms with Crippen molar-refractivity contribution in [2.75, 3.05) is 6.54 Å². The Morgan fingerprint density at radius 2 is 2.00 bits per heavy atom. The summed E-state index contributed by atoms with van der Waals surface area (Å²) >= 11 is 0. The molecule has 76 valence electrons. The second-order valence-corrected chi connectivity index (χ2v) is 2.90. The Bertz CT molecular complexity index is 317. The summed E-state index contributed by atoms with van der Waals surface area (Å²) in [6.07, 6.45) is -3.77. The van der Waals surface area contributed by atoms with Crippen LogP contribution in [-0.4, -0.2) is 13.3 Å². The fourth-order valence-corrected chi connectivity index (χ4v) is 1.11. The molecule has 0 saturated heterocycles.